The first kappa shape index (κ1) is 15.8. The van der Waals surface area contributed by atoms with Gasteiger partial charge in [0.15, 0.2) is 0 Å². The molecule has 1 saturated heterocycles. The summed E-state index contributed by atoms with van der Waals surface area (Å²) in [7, 11) is 0. The lowest BCUT2D eigenvalue weighted by molar-refractivity contribution is -0.117. The van der Waals surface area contributed by atoms with Crippen molar-refractivity contribution >= 4 is 42.6 Å². The molecule has 19 heavy (non-hydrogen) atoms. The van der Waals surface area contributed by atoms with Crippen LogP contribution >= 0.6 is 25.0 Å². The van der Waals surface area contributed by atoms with E-state index in [0.29, 0.717) is 18.7 Å². The van der Waals surface area contributed by atoms with E-state index in [9.17, 15) is 9.59 Å². The highest BCUT2D eigenvalue weighted by molar-refractivity contribution is 7.81. The molecule has 0 unspecified atom stereocenters. The fourth-order valence-corrected chi connectivity index (χ4v) is 2.19. The van der Waals surface area contributed by atoms with Crippen LogP contribution in [0.3, 0.4) is 0 Å². The van der Waals surface area contributed by atoms with Gasteiger partial charge in [-0.25, -0.2) is 4.79 Å². The van der Waals surface area contributed by atoms with Gasteiger partial charge in [0.05, 0.1) is 11.6 Å². The molecule has 0 aliphatic carbocycles. The molecule has 5 nitrogen and oxygen atoms in total. The van der Waals surface area contributed by atoms with Crippen LogP contribution in [-0.4, -0.2) is 34.8 Å². The molecule has 104 valence electrons. The predicted molar refractivity (Wildman–Crippen MR) is 78.5 cm³/mol. The Kier molecular flexibility index (Phi) is 5.65. The standard InChI is InChI=1S/C12H14N2O3S.ClH/c15-11(10-5-9(18)6-13-10)14-8-3-1-2-7(4-8)12(16)17;/h1-4,9-10,13,18H,5-6H2,(H,14,15)(H,16,17);1H/t9-,10-;/m0./s1. The predicted octanol–water partition coefficient (Wildman–Crippen LogP) is 1.41. The third-order valence-corrected chi connectivity index (χ3v) is 3.19. The fourth-order valence-electron chi connectivity index (χ4n) is 1.88. The molecule has 2 atom stereocenters. The molecule has 1 fully saturated rings. The van der Waals surface area contributed by atoms with Crippen molar-refractivity contribution in [3.63, 3.8) is 0 Å². The molecule has 7 heteroatoms. The van der Waals surface area contributed by atoms with Crippen LogP contribution in [0.2, 0.25) is 0 Å². The normalized spacial score (nSPS) is 21.5. The minimum Gasteiger partial charge on any atom is -0.478 e. The van der Waals surface area contributed by atoms with Gasteiger partial charge in [-0.05, 0) is 24.6 Å². The van der Waals surface area contributed by atoms with Crippen molar-refractivity contribution in [3.8, 4) is 0 Å². The number of carbonyl (C=O) groups excluding carboxylic acids is 1. The summed E-state index contributed by atoms with van der Waals surface area (Å²) < 4.78 is 0. The number of carbonyl (C=O) groups is 2. The first-order valence-electron chi connectivity index (χ1n) is 5.62. The van der Waals surface area contributed by atoms with Gasteiger partial charge < -0.3 is 15.7 Å². The molecular formula is C12H15ClN2O3S. The number of anilines is 1. The number of hydrogen-bond donors (Lipinski definition) is 4. The SMILES string of the molecule is Cl.O=C(O)c1cccc(NC(=O)[C@@H]2C[C@H](S)CN2)c1. The lowest BCUT2D eigenvalue weighted by Crippen LogP contribution is -2.35. The quantitative estimate of drug-likeness (QED) is 0.637. The zero-order valence-corrected chi connectivity index (χ0v) is 11.7. The summed E-state index contributed by atoms with van der Waals surface area (Å²) in [6.45, 7) is 0.705. The van der Waals surface area contributed by atoms with Crippen LogP contribution in [0.15, 0.2) is 24.3 Å². The highest BCUT2D eigenvalue weighted by Gasteiger charge is 2.27. The third-order valence-electron chi connectivity index (χ3n) is 2.80. The fraction of sp³-hybridized carbons (Fsp3) is 0.333. The Bertz CT molecular complexity index is 484. The Morgan fingerprint density at radius 2 is 2.16 bits per heavy atom. The molecule has 1 aliphatic rings. The number of thiol groups is 1. The maximum atomic E-state index is 11.9. The first-order valence-corrected chi connectivity index (χ1v) is 6.13. The van der Waals surface area contributed by atoms with Gasteiger partial charge in [-0.1, -0.05) is 6.07 Å². The number of amides is 1. The van der Waals surface area contributed by atoms with Crippen molar-refractivity contribution in [2.45, 2.75) is 17.7 Å². The zero-order chi connectivity index (χ0) is 13.1. The highest BCUT2D eigenvalue weighted by atomic mass is 35.5. The number of nitrogens with one attached hydrogen (secondary N) is 2. The summed E-state index contributed by atoms with van der Waals surface area (Å²) in [4.78, 5) is 22.7. The Morgan fingerprint density at radius 3 is 2.74 bits per heavy atom. The second-order valence-corrected chi connectivity index (χ2v) is 4.96. The van der Waals surface area contributed by atoms with Crippen LogP contribution in [0.25, 0.3) is 0 Å². The molecule has 0 spiro atoms. The second kappa shape index (κ2) is 6.79. The van der Waals surface area contributed by atoms with E-state index in [1.165, 1.54) is 12.1 Å². The number of rotatable bonds is 3. The van der Waals surface area contributed by atoms with Crippen LogP contribution in [0.1, 0.15) is 16.8 Å². The number of aromatic carboxylic acids is 1. The second-order valence-electron chi connectivity index (χ2n) is 4.23. The maximum absolute atomic E-state index is 11.9. The summed E-state index contributed by atoms with van der Waals surface area (Å²) in [6.07, 6.45) is 0.674. The van der Waals surface area contributed by atoms with Crippen LogP contribution in [0, 0.1) is 0 Å². The third kappa shape index (κ3) is 4.12. The monoisotopic (exact) mass is 302 g/mol. The topological polar surface area (TPSA) is 78.4 Å². The van der Waals surface area contributed by atoms with E-state index in [-0.39, 0.29) is 35.2 Å². The van der Waals surface area contributed by atoms with E-state index in [1.807, 2.05) is 0 Å². The van der Waals surface area contributed by atoms with E-state index in [2.05, 4.69) is 23.3 Å². The number of carboxylic acid groups (broad SMARTS) is 1. The van der Waals surface area contributed by atoms with Crippen LogP contribution < -0.4 is 10.6 Å². The summed E-state index contributed by atoms with van der Waals surface area (Å²) in [5, 5.41) is 14.8. The van der Waals surface area contributed by atoms with Gasteiger partial charge in [-0.3, -0.25) is 4.79 Å². The largest absolute Gasteiger partial charge is 0.478 e. The van der Waals surface area contributed by atoms with E-state index in [4.69, 9.17) is 5.11 Å². The molecule has 0 radical (unpaired) electrons. The van der Waals surface area contributed by atoms with Crippen LogP contribution in [-0.2, 0) is 4.79 Å². The van der Waals surface area contributed by atoms with Gasteiger partial charge in [0, 0.05) is 17.5 Å². The molecule has 2 rings (SSSR count). The number of hydrogen-bond acceptors (Lipinski definition) is 4. The lowest BCUT2D eigenvalue weighted by atomic mass is 10.2. The summed E-state index contributed by atoms with van der Waals surface area (Å²) >= 11 is 4.30. The average molecular weight is 303 g/mol. The molecule has 1 aromatic rings. The van der Waals surface area contributed by atoms with E-state index < -0.39 is 5.97 Å². The molecule has 0 aromatic heterocycles. The molecular weight excluding hydrogens is 288 g/mol. The summed E-state index contributed by atoms with van der Waals surface area (Å²) in [5.41, 5.74) is 0.642. The number of benzene rings is 1. The zero-order valence-electron chi connectivity index (χ0n) is 10.00. The van der Waals surface area contributed by atoms with E-state index in [1.54, 1.807) is 12.1 Å². The maximum Gasteiger partial charge on any atom is 0.335 e. The molecule has 1 heterocycles. The number of halogens is 1. The Labute approximate surface area is 122 Å². The Hall–Kier alpha value is -1.24. The van der Waals surface area contributed by atoms with Crippen LogP contribution in [0.5, 0.6) is 0 Å². The molecule has 1 amide bonds. The van der Waals surface area contributed by atoms with Gasteiger partial charge in [0.2, 0.25) is 5.91 Å². The summed E-state index contributed by atoms with van der Waals surface area (Å²) in [6, 6.07) is 5.92. The molecule has 3 N–H and O–H groups in total. The number of carboxylic acids is 1. The van der Waals surface area contributed by atoms with Gasteiger partial charge in [-0.2, -0.15) is 12.6 Å². The average Bonchev–Trinajstić information content (AvgIpc) is 2.76. The molecule has 0 saturated carbocycles. The summed E-state index contributed by atoms with van der Waals surface area (Å²) in [5.74, 6) is -1.17. The van der Waals surface area contributed by atoms with Gasteiger partial charge in [0.25, 0.3) is 0 Å². The minimum absolute atomic E-state index is 0. The molecule has 1 aromatic carbocycles. The van der Waals surface area contributed by atoms with Crippen molar-refractivity contribution in [1.82, 2.24) is 5.32 Å². The first-order chi connectivity index (χ1) is 8.56. The van der Waals surface area contributed by atoms with Crippen molar-refractivity contribution in [2.75, 3.05) is 11.9 Å². The van der Waals surface area contributed by atoms with E-state index in [0.717, 1.165) is 0 Å². The van der Waals surface area contributed by atoms with Gasteiger partial charge in [0.1, 0.15) is 0 Å². The van der Waals surface area contributed by atoms with Crippen molar-refractivity contribution < 1.29 is 14.7 Å². The van der Waals surface area contributed by atoms with Crippen molar-refractivity contribution in [3.05, 3.63) is 29.8 Å². The van der Waals surface area contributed by atoms with Gasteiger partial charge in [-0.15, -0.1) is 12.4 Å². The Morgan fingerprint density at radius 1 is 1.42 bits per heavy atom. The molecule has 1 aliphatic heterocycles. The minimum atomic E-state index is -1.01. The van der Waals surface area contributed by atoms with Crippen molar-refractivity contribution in [2.24, 2.45) is 0 Å². The van der Waals surface area contributed by atoms with E-state index >= 15 is 0 Å². The van der Waals surface area contributed by atoms with Crippen LogP contribution in [0.4, 0.5) is 5.69 Å². The Balaban J connectivity index is 0.00000180. The van der Waals surface area contributed by atoms with Crippen molar-refractivity contribution in [1.29, 1.82) is 0 Å². The van der Waals surface area contributed by atoms with Gasteiger partial charge >= 0.3 is 5.97 Å². The molecule has 0 bridgehead atoms. The highest BCUT2D eigenvalue weighted by Crippen LogP contribution is 2.15. The lowest BCUT2D eigenvalue weighted by Gasteiger charge is -2.11. The smallest absolute Gasteiger partial charge is 0.335 e.